The Morgan fingerprint density at radius 1 is 1.12 bits per heavy atom. The molecule has 264 valence electrons. The number of nitrogens with zero attached hydrogens (tertiary/aromatic N) is 6. The third-order valence-corrected chi connectivity index (χ3v) is 8.61. The molecule has 19 heteroatoms. The number of anilines is 1. The number of nitrogens with two attached hydrogens (primary N) is 1. The number of aromatic nitrogens is 4. The van der Waals surface area contributed by atoms with Gasteiger partial charge in [-0.25, -0.2) is 4.98 Å². The number of piperidine rings is 1. The van der Waals surface area contributed by atoms with Crippen molar-refractivity contribution in [1.29, 1.82) is 0 Å². The zero-order valence-electron chi connectivity index (χ0n) is 26.5. The van der Waals surface area contributed by atoms with E-state index in [1.165, 1.54) is 32.2 Å². The number of amides is 4. The Morgan fingerprint density at radius 2 is 1.73 bits per heavy atom. The van der Waals surface area contributed by atoms with Crippen molar-refractivity contribution < 1.29 is 42.3 Å². The highest BCUT2D eigenvalue weighted by Crippen LogP contribution is 2.37. The lowest BCUT2D eigenvalue weighted by atomic mass is 9.96. The molecule has 2 saturated heterocycles. The minimum absolute atomic E-state index is 0.00603. The van der Waals surface area contributed by atoms with Gasteiger partial charge in [0.25, 0.3) is 18.3 Å². The highest BCUT2D eigenvalue weighted by atomic mass is 35.5. The molecule has 0 spiro atoms. The van der Waals surface area contributed by atoms with E-state index in [4.69, 9.17) is 27.2 Å². The van der Waals surface area contributed by atoms with E-state index in [1.807, 2.05) is 0 Å². The van der Waals surface area contributed by atoms with Gasteiger partial charge < -0.3 is 35.8 Å². The largest absolute Gasteiger partial charge is 0.483 e. The van der Waals surface area contributed by atoms with E-state index in [9.17, 15) is 32.3 Å². The fraction of sp³-hybridized carbons (Fsp3) is 0.433. The molecular weight excluding hydrogens is 675 g/mol. The zero-order valence-corrected chi connectivity index (χ0v) is 27.3. The van der Waals surface area contributed by atoms with E-state index in [1.54, 1.807) is 9.80 Å². The Labute approximate surface area is 283 Å². The normalized spacial score (nSPS) is 16.0. The van der Waals surface area contributed by atoms with Gasteiger partial charge in [-0.05, 0) is 51.1 Å². The van der Waals surface area contributed by atoms with Crippen molar-refractivity contribution >= 4 is 47.4 Å². The number of carbonyl (C=O) groups is 5. The summed E-state index contributed by atoms with van der Waals surface area (Å²) in [6.07, 6.45) is -1.13. The average molecular weight is 710 g/mol. The summed E-state index contributed by atoms with van der Waals surface area (Å²) in [7, 11) is 1.36. The zero-order chi connectivity index (χ0) is 36.0. The first-order valence-corrected chi connectivity index (χ1v) is 15.5. The Balaban J connectivity index is 0.00000174. The number of halogens is 4. The molecule has 2 aromatic heterocycles. The van der Waals surface area contributed by atoms with Crippen LogP contribution >= 0.6 is 11.6 Å². The number of carbonyl (C=O) groups excluding carboxylic acids is 4. The molecule has 5 N–H and O–H groups in total. The number of nitrogens with one attached hydrogen (secondary N) is 2. The van der Waals surface area contributed by atoms with E-state index in [0.717, 1.165) is 47.6 Å². The monoisotopic (exact) mass is 709 g/mol. The van der Waals surface area contributed by atoms with E-state index < -0.39 is 35.3 Å². The van der Waals surface area contributed by atoms with Crippen molar-refractivity contribution in [3.05, 3.63) is 52.7 Å². The molecule has 0 saturated carbocycles. The van der Waals surface area contributed by atoms with Crippen LogP contribution in [0.2, 0.25) is 5.02 Å². The molecule has 0 aliphatic carbocycles. The third-order valence-electron chi connectivity index (χ3n) is 8.30. The predicted octanol–water partition coefficient (Wildman–Crippen LogP) is 2.24. The lowest BCUT2D eigenvalue weighted by Gasteiger charge is -2.37. The fourth-order valence-electron chi connectivity index (χ4n) is 5.57. The summed E-state index contributed by atoms with van der Waals surface area (Å²) >= 11 is 6.44. The molecular formula is C30H35ClF3N9O6. The van der Waals surface area contributed by atoms with Crippen LogP contribution in [0.25, 0.3) is 11.3 Å². The second kappa shape index (κ2) is 15.5. The lowest BCUT2D eigenvalue weighted by molar-refractivity contribution is -0.141. The van der Waals surface area contributed by atoms with Crippen LogP contribution in [0.3, 0.4) is 0 Å². The Kier molecular flexibility index (Phi) is 11.7. The molecule has 2 aliphatic heterocycles. The quantitative estimate of drug-likeness (QED) is 0.266. The van der Waals surface area contributed by atoms with Crippen LogP contribution in [0.15, 0.2) is 30.6 Å². The van der Waals surface area contributed by atoms with Crippen molar-refractivity contribution in [3.63, 3.8) is 0 Å². The molecule has 1 aromatic carbocycles. The maximum Gasteiger partial charge on any atom is 0.435 e. The highest BCUT2D eigenvalue weighted by molar-refractivity contribution is 6.34. The number of imidazole rings is 1. The van der Waals surface area contributed by atoms with E-state index >= 15 is 0 Å². The van der Waals surface area contributed by atoms with E-state index in [0.29, 0.717) is 26.2 Å². The van der Waals surface area contributed by atoms with Crippen molar-refractivity contribution in [1.82, 2.24) is 34.4 Å². The predicted molar refractivity (Wildman–Crippen MR) is 170 cm³/mol. The molecule has 15 nitrogen and oxygen atoms in total. The highest BCUT2D eigenvalue weighted by Gasteiger charge is 2.39. The number of alkyl halides is 3. The van der Waals surface area contributed by atoms with Gasteiger partial charge in [-0.3, -0.25) is 28.7 Å². The Hall–Kier alpha value is -4.97. The summed E-state index contributed by atoms with van der Waals surface area (Å²) in [4.78, 5) is 66.5. The van der Waals surface area contributed by atoms with E-state index in [-0.39, 0.29) is 52.0 Å². The maximum absolute atomic E-state index is 13.8. The number of hydrogen-bond donors (Lipinski definition) is 4. The maximum atomic E-state index is 13.8. The van der Waals surface area contributed by atoms with Crippen LogP contribution in [0.1, 0.15) is 52.5 Å². The molecule has 2 aliphatic rings. The van der Waals surface area contributed by atoms with Crippen molar-refractivity contribution in [2.24, 2.45) is 18.7 Å². The molecule has 0 radical (unpaired) electrons. The Morgan fingerprint density at radius 3 is 2.31 bits per heavy atom. The molecule has 1 atom stereocenters. The summed E-state index contributed by atoms with van der Waals surface area (Å²) in [6, 6.07) is 3.20. The van der Waals surface area contributed by atoms with Crippen LogP contribution in [0.4, 0.5) is 18.9 Å². The minimum atomic E-state index is -4.86. The Bertz CT molecular complexity index is 1710. The van der Waals surface area contributed by atoms with Gasteiger partial charge in [0.2, 0.25) is 11.8 Å². The number of piperazine rings is 1. The smallest absolute Gasteiger partial charge is 0.435 e. The van der Waals surface area contributed by atoms with Crippen LogP contribution in [-0.4, -0.2) is 104 Å². The first-order valence-electron chi connectivity index (χ1n) is 15.1. The van der Waals surface area contributed by atoms with Gasteiger partial charge in [-0.2, -0.15) is 18.3 Å². The molecule has 0 bridgehead atoms. The second-order valence-corrected chi connectivity index (χ2v) is 11.8. The number of primary amides is 1. The van der Waals surface area contributed by atoms with Crippen molar-refractivity contribution in [3.8, 4) is 11.3 Å². The van der Waals surface area contributed by atoms with E-state index in [2.05, 4.69) is 20.7 Å². The SMILES string of the molecule is CC(C(N)=O)n1cc(-c2cnc(C(=O)Nc3ccc(C(=O)N4CCN(C(=O)C5CCNCC5)CC4)c(Cl)c3)n2C)c(C(F)(F)F)n1.O=CO. The molecule has 49 heavy (non-hydrogen) atoms. The average Bonchev–Trinajstić information content (AvgIpc) is 3.69. The lowest BCUT2D eigenvalue weighted by Crippen LogP contribution is -2.52. The number of carboxylic acid groups (broad SMARTS) is 1. The topological polar surface area (TPSA) is 198 Å². The molecule has 1 unspecified atom stereocenters. The van der Waals surface area contributed by atoms with Gasteiger partial charge in [0.05, 0.1) is 28.0 Å². The van der Waals surface area contributed by atoms with Gasteiger partial charge in [0, 0.05) is 51.0 Å². The van der Waals surface area contributed by atoms with Crippen molar-refractivity contribution in [2.45, 2.75) is 32.0 Å². The summed E-state index contributed by atoms with van der Waals surface area (Å²) in [6.45, 7) is 4.29. The van der Waals surface area contributed by atoms with Crippen LogP contribution < -0.4 is 16.4 Å². The minimum Gasteiger partial charge on any atom is -0.483 e. The molecule has 2 fully saturated rings. The van der Waals surface area contributed by atoms with Gasteiger partial charge in [-0.15, -0.1) is 0 Å². The van der Waals surface area contributed by atoms with Crippen molar-refractivity contribution in [2.75, 3.05) is 44.6 Å². The first-order chi connectivity index (χ1) is 23.2. The summed E-state index contributed by atoms with van der Waals surface area (Å²) in [5.41, 5.74) is 3.96. The first kappa shape index (κ1) is 36.9. The standard InChI is InChI=1S/C29H33ClF3N9O4.CH2O2/c1-16(24(34)43)42-15-20(23(38-42)29(31,32)33)22-14-36-25(39(22)2)26(44)37-18-3-4-19(21(30)13-18)28(46)41-11-9-40(10-12-41)27(45)17-5-7-35-8-6-17;2-1-3/h3-4,13-17,35H,5-12H2,1-2H3,(H2,34,43)(H,37,44);1H,(H,2,3). The number of hydrogen-bond acceptors (Lipinski definition) is 8. The van der Waals surface area contributed by atoms with Gasteiger partial charge in [-0.1, -0.05) is 11.6 Å². The second-order valence-electron chi connectivity index (χ2n) is 11.4. The molecule has 3 aromatic rings. The third kappa shape index (κ3) is 8.37. The summed E-state index contributed by atoms with van der Waals surface area (Å²) < 4.78 is 43.4. The summed E-state index contributed by atoms with van der Waals surface area (Å²) in [5.74, 6) is -2.01. The van der Waals surface area contributed by atoms with Gasteiger partial charge in [0.15, 0.2) is 11.5 Å². The van der Waals surface area contributed by atoms with Crippen LogP contribution in [-0.2, 0) is 27.6 Å². The number of benzene rings is 1. The van der Waals surface area contributed by atoms with Gasteiger partial charge in [0.1, 0.15) is 6.04 Å². The molecule has 4 heterocycles. The van der Waals surface area contributed by atoms with Crippen LogP contribution in [0.5, 0.6) is 0 Å². The number of rotatable bonds is 7. The van der Waals surface area contributed by atoms with Crippen LogP contribution in [0, 0.1) is 5.92 Å². The molecule has 5 rings (SSSR count). The fourth-order valence-corrected chi connectivity index (χ4v) is 5.83. The molecule has 4 amide bonds. The van der Waals surface area contributed by atoms with Gasteiger partial charge >= 0.3 is 6.18 Å². The summed E-state index contributed by atoms with van der Waals surface area (Å²) in [5, 5.41) is 16.3.